The molecule has 1 heterocycles. The van der Waals surface area contributed by atoms with Crippen LogP contribution in [-0.4, -0.2) is 35.7 Å². The molecule has 1 unspecified atom stereocenters. The lowest BCUT2D eigenvalue weighted by Crippen LogP contribution is -2.35. The van der Waals surface area contributed by atoms with E-state index in [9.17, 15) is 14.7 Å². The van der Waals surface area contributed by atoms with Gasteiger partial charge in [0.1, 0.15) is 6.61 Å². The van der Waals surface area contributed by atoms with E-state index in [2.05, 4.69) is 22.5 Å². The monoisotopic (exact) mass is 333 g/mol. The van der Waals surface area contributed by atoms with E-state index >= 15 is 0 Å². The Kier molecular flexibility index (Phi) is 5.36. The zero-order chi connectivity index (χ0) is 13.7. The Morgan fingerprint density at radius 3 is 2.78 bits per heavy atom. The highest BCUT2D eigenvalue weighted by Crippen LogP contribution is 2.30. The lowest BCUT2D eigenvalue weighted by Gasteiger charge is -2.22. The van der Waals surface area contributed by atoms with Crippen LogP contribution >= 0.6 is 27.3 Å². The fourth-order valence-electron chi connectivity index (χ4n) is 1.29. The van der Waals surface area contributed by atoms with Crippen LogP contribution < -0.4 is 0 Å². The van der Waals surface area contributed by atoms with Gasteiger partial charge in [0.05, 0.1) is 3.79 Å². The molecule has 18 heavy (non-hydrogen) atoms. The van der Waals surface area contributed by atoms with Crippen molar-refractivity contribution in [2.45, 2.75) is 6.04 Å². The number of rotatable bonds is 5. The van der Waals surface area contributed by atoms with Gasteiger partial charge in [-0.05, 0) is 28.1 Å². The largest absolute Gasteiger partial charge is 0.479 e. The number of likely N-dealkylation sites (N-methyl/N-ethyl adjacent to an activating group) is 1. The molecule has 1 aromatic rings. The van der Waals surface area contributed by atoms with Gasteiger partial charge < -0.3 is 9.84 Å². The predicted molar refractivity (Wildman–Crippen MR) is 71.7 cm³/mol. The minimum absolute atomic E-state index is 0.0453. The van der Waals surface area contributed by atoms with Gasteiger partial charge in [-0.25, -0.2) is 9.59 Å². The Morgan fingerprint density at radius 2 is 2.33 bits per heavy atom. The number of carboxylic acid groups (broad SMARTS) is 1. The molecule has 5 nitrogen and oxygen atoms in total. The summed E-state index contributed by atoms with van der Waals surface area (Å²) < 4.78 is 5.61. The van der Waals surface area contributed by atoms with Crippen molar-refractivity contribution in [3.63, 3.8) is 0 Å². The number of hydrogen-bond acceptors (Lipinski definition) is 4. The van der Waals surface area contributed by atoms with Crippen LogP contribution in [-0.2, 0) is 9.53 Å². The number of hydrogen-bond donors (Lipinski definition) is 1. The molecule has 0 aliphatic carbocycles. The van der Waals surface area contributed by atoms with Crippen molar-refractivity contribution in [3.8, 4) is 0 Å². The summed E-state index contributed by atoms with van der Waals surface area (Å²) in [6.07, 6.45) is 0.718. The highest BCUT2D eigenvalue weighted by Gasteiger charge is 2.30. The lowest BCUT2D eigenvalue weighted by molar-refractivity contribution is -0.142. The van der Waals surface area contributed by atoms with Crippen LogP contribution in [0.2, 0.25) is 0 Å². The van der Waals surface area contributed by atoms with Crippen molar-refractivity contribution >= 4 is 39.3 Å². The summed E-state index contributed by atoms with van der Waals surface area (Å²) in [4.78, 5) is 24.5. The van der Waals surface area contributed by atoms with Crippen molar-refractivity contribution in [1.29, 1.82) is 0 Å². The second kappa shape index (κ2) is 6.55. The van der Waals surface area contributed by atoms with Crippen LogP contribution in [0.15, 0.2) is 28.6 Å². The molecular weight excluding hydrogens is 322 g/mol. The second-order valence-electron chi connectivity index (χ2n) is 3.36. The predicted octanol–water partition coefficient (Wildman–Crippen LogP) is 2.89. The average Bonchev–Trinajstić information content (AvgIpc) is 2.72. The summed E-state index contributed by atoms with van der Waals surface area (Å²) in [5.41, 5.74) is 0. The number of carbonyl (C=O) groups is 2. The maximum Gasteiger partial charge on any atom is 0.410 e. The molecule has 0 radical (unpaired) electrons. The van der Waals surface area contributed by atoms with Gasteiger partial charge in [-0.15, -0.1) is 11.3 Å². The molecule has 0 aliphatic heterocycles. The van der Waals surface area contributed by atoms with Crippen LogP contribution in [0.4, 0.5) is 4.79 Å². The number of thiophene rings is 1. The van der Waals surface area contributed by atoms with Crippen molar-refractivity contribution in [2.24, 2.45) is 0 Å². The molecule has 0 saturated carbocycles. The molecule has 0 aromatic carbocycles. The molecular formula is C11H12BrNO4S. The molecule has 0 fully saturated rings. The topological polar surface area (TPSA) is 66.8 Å². The van der Waals surface area contributed by atoms with Crippen LogP contribution in [0.1, 0.15) is 10.9 Å². The number of aliphatic carboxylic acids is 1. The maximum absolute atomic E-state index is 11.6. The summed E-state index contributed by atoms with van der Waals surface area (Å²) >= 11 is 4.52. The van der Waals surface area contributed by atoms with Crippen molar-refractivity contribution in [1.82, 2.24) is 4.90 Å². The smallest absolute Gasteiger partial charge is 0.410 e. The first-order valence-corrected chi connectivity index (χ1v) is 6.56. The molecule has 1 N–H and O–H groups in total. The van der Waals surface area contributed by atoms with Crippen molar-refractivity contribution in [2.75, 3.05) is 13.7 Å². The lowest BCUT2D eigenvalue weighted by atomic mass is 10.2. The molecule has 7 heteroatoms. The summed E-state index contributed by atoms with van der Waals surface area (Å²) in [5, 5.41) is 9.20. The molecule has 1 rings (SSSR count). The van der Waals surface area contributed by atoms with E-state index in [0.29, 0.717) is 4.88 Å². The summed E-state index contributed by atoms with van der Waals surface area (Å²) in [7, 11) is 1.39. The van der Waals surface area contributed by atoms with Crippen molar-refractivity contribution in [3.05, 3.63) is 33.5 Å². The number of halogens is 1. The molecule has 0 aliphatic rings. The highest BCUT2D eigenvalue weighted by molar-refractivity contribution is 9.11. The van der Waals surface area contributed by atoms with Gasteiger partial charge in [0.15, 0.2) is 6.04 Å². The molecule has 1 atom stereocenters. The maximum atomic E-state index is 11.6. The SMILES string of the molecule is C=CCOC(=O)N(C)C(C(=O)O)c1ccc(Br)s1. The fraction of sp³-hybridized carbons (Fsp3) is 0.273. The molecule has 0 saturated heterocycles. The zero-order valence-electron chi connectivity index (χ0n) is 9.63. The van der Waals surface area contributed by atoms with Crippen LogP contribution in [0, 0.1) is 0 Å². The van der Waals surface area contributed by atoms with Crippen LogP contribution in [0.3, 0.4) is 0 Å². The highest BCUT2D eigenvalue weighted by atomic mass is 79.9. The standard InChI is InChI=1S/C11H12BrNO4S/c1-3-6-17-11(16)13(2)9(10(14)15)7-4-5-8(12)18-7/h3-5,9H,1,6H2,2H3,(H,14,15). The molecule has 0 spiro atoms. The molecule has 1 amide bonds. The van der Waals surface area contributed by atoms with Gasteiger partial charge in [-0.2, -0.15) is 0 Å². The Bertz CT molecular complexity index is 460. The fourth-order valence-corrected chi connectivity index (χ4v) is 2.85. The summed E-state index contributed by atoms with van der Waals surface area (Å²) in [6, 6.07) is 2.34. The third-order valence-corrected chi connectivity index (χ3v) is 3.77. The van der Waals surface area contributed by atoms with Crippen LogP contribution in [0.5, 0.6) is 0 Å². The van der Waals surface area contributed by atoms with Gasteiger partial charge in [-0.1, -0.05) is 12.7 Å². The third-order valence-electron chi connectivity index (χ3n) is 2.10. The van der Waals surface area contributed by atoms with E-state index in [-0.39, 0.29) is 6.61 Å². The number of carboxylic acids is 1. The number of carbonyl (C=O) groups excluding carboxylic acids is 1. The van der Waals surface area contributed by atoms with Gasteiger partial charge in [0.2, 0.25) is 0 Å². The van der Waals surface area contributed by atoms with Gasteiger partial charge in [0, 0.05) is 11.9 Å². The second-order valence-corrected chi connectivity index (χ2v) is 5.85. The van der Waals surface area contributed by atoms with E-state index < -0.39 is 18.1 Å². The first kappa shape index (κ1) is 14.7. The minimum atomic E-state index is -1.11. The summed E-state index contributed by atoms with van der Waals surface area (Å²) in [6.45, 7) is 3.46. The average molecular weight is 334 g/mol. The normalized spacial score (nSPS) is 11.7. The third kappa shape index (κ3) is 3.58. The first-order chi connectivity index (χ1) is 8.47. The van der Waals surface area contributed by atoms with Gasteiger partial charge in [-0.3, -0.25) is 4.90 Å². The van der Waals surface area contributed by atoms with E-state index in [0.717, 1.165) is 8.69 Å². The quantitative estimate of drug-likeness (QED) is 0.841. The van der Waals surface area contributed by atoms with E-state index in [4.69, 9.17) is 4.74 Å². The first-order valence-electron chi connectivity index (χ1n) is 4.96. The van der Waals surface area contributed by atoms with E-state index in [1.165, 1.54) is 24.5 Å². The molecule has 0 bridgehead atoms. The molecule has 1 aromatic heterocycles. The zero-order valence-corrected chi connectivity index (χ0v) is 12.0. The number of amides is 1. The number of ether oxygens (including phenoxy) is 1. The minimum Gasteiger partial charge on any atom is -0.479 e. The Balaban J connectivity index is 2.88. The van der Waals surface area contributed by atoms with Gasteiger partial charge in [0.25, 0.3) is 0 Å². The Morgan fingerprint density at radius 1 is 1.67 bits per heavy atom. The van der Waals surface area contributed by atoms with Gasteiger partial charge >= 0.3 is 12.1 Å². The Hall–Kier alpha value is -1.34. The molecule has 98 valence electrons. The van der Waals surface area contributed by atoms with Crippen LogP contribution in [0.25, 0.3) is 0 Å². The Labute approximate surface area is 117 Å². The van der Waals surface area contributed by atoms with Crippen molar-refractivity contribution < 1.29 is 19.4 Å². The summed E-state index contributed by atoms with van der Waals surface area (Å²) in [5.74, 6) is -1.11. The number of nitrogens with zero attached hydrogens (tertiary/aromatic N) is 1. The van der Waals surface area contributed by atoms with E-state index in [1.807, 2.05) is 0 Å². The van der Waals surface area contributed by atoms with E-state index in [1.54, 1.807) is 12.1 Å².